The Kier molecular flexibility index (Phi) is 7.84. The van der Waals surface area contributed by atoms with Gasteiger partial charge in [-0.1, -0.05) is 47.6 Å². The van der Waals surface area contributed by atoms with Gasteiger partial charge < -0.3 is 0 Å². The van der Waals surface area contributed by atoms with Crippen molar-refractivity contribution in [3.63, 3.8) is 0 Å². The second-order valence-electron chi connectivity index (χ2n) is 20.6. The molecule has 0 saturated carbocycles. The predicted molar refractivity (Wildman–Crippen MR) is 279 cm³/mol. The van der Waals surface area contributed by atoms with E-state index < -0.39 is 65.8 Å². The molecule has 0 saturated heterocycles. The van der Waals surface area contributed by atoms with Crippen LogP contribution in [0, 0.1) is 16.1 Å². The van der Waals surface area contributed by atoms with Crippen LogP contribution in [0.3, 0.4) is 0 Å². The van der Waals surface area contributed by atoms with Crippen LogP contribution in [0.2, 0.25) is 0 Å². The molecular formula is C62H58N4OPt. The van der Waals surface area contributed by atoms with Crippen LogP contribution in [0.4, 0.5) is 0 Å². The molecule has 0 amide bonds. The van der Waals surface area contributed by atoms with Crippen molar-refractivity contribution in [2.75, 3.05) is 0 Å². The molecule has 10 aromatic rings. The number of hydrogen-bond donors (Lipinski definition) is 0. The van der Waals surface area contributed by atoms with Gasteiger partial charge >= 0.3 is 333 Å². The average Bonchev–Trinajstić information content (AvgIpc) is 4.09. The monoisotopic (exact) mass is 1080 g/mol. The van der Waals surface area contributed by atoms with E-state index in [-0.39, 0.29) is 44.2 Å². The second-order valence-corrected chi connectivity index (χ2v) is 21.6. The van der Waals surface area contributed by atoms with Gasteiger partial charge in [-0.05, 0) is 40.4 Å². The van der Waals surface area contributed by atoms with E-state index in [2.05, 4.69) is 103 Å². The van der Waals surface area contributed by atoms with Crippen LogP contribution < -0.4 is 4.74 Å². The minimum absolute atomic E-state index is 0.0565. The van der Waals surface area contributed by atoms with Crippen molar-refractivity contribution in [3.05, 3.63) is 196 Å². The molecule has 1 aliphatic carbocycles. The van der Waals surface area contributed by atoms with Gasteiger partial charge in [-0.25, -0.2) is 0 Å². The number of imidazole rings is 1. The van der Waals surface area contributed by atoms with Crippen LogP contribution in [0.15, 0.2) is 170 Å². The first-order valence-corrected chi connectivity index (χ1v) is 24.1. The standard InChI is InChI=1S/C62H58N4O.Pt/c1-40-32-33-63-55(34-40)66-53-31-30-50-57(61(7,8)62(9,10)60(50,5)6)56(53)47-29-28-46(38-54(47)66)67-45-25-19-24-44(37-45)64-39-65(52-27-18-17-26-51(52)64)58-48(41-20-13-11-14-21-41)35-43(59(2,3)4)36-49(58)42-22-15-12-16-23-42;/h11-38H,1-10H3;/i11D,12D,13D,14D,15D,16D,20D,21D,22D,23D;. The van der Waals surface area contributed by atoms with Gasteiger partial charge in [0.05, 0.1) is 0 Å². The summed E-state index contributed by atoms with van der Waals surface area (Å²) in [5.74, 6) is 1.97. The third-order valence-electron chi connectivity index (χ3n) is 15.2. The Balaban J connectivity index is 1.14. The first kappa shape index (κ1) is 33.8. The van der Waals surface area contributed by atoms with Crippen molar-refractivity contribution in [3.8, 4) is 50.9 Å². The third kappa shape index (κ3) is 6.67. The summed E-state index contributed by atoms with van der Waals surface area (Å²) < 4.78 is 103. The fourth-order valence-corrected chi connectivity index (χ4v) is 11.6. The number of fused-ring (bicyclic) bond motifs is 6. The molecule has 7 aromatic carbocycles. The van der Waals surface area contributed by atoms with Gasteiger partial charge in [0.25, 0.3) is 0 Å². The molecule has 5 nitrogen and oxygen atoms in total. The number of aromatic nitrogens is 4. The maximum atomic E-state index is 9.33. The Morgan fingerprint density at radius 1 is 0.603 bits per heavy atom. The van der Waals surface area contributed by atoms with Gasteiger partial charge in [-0.3, -0.25) is 0 Å². The Hall–Kier alpha value is -6.55. The normalized spacial score (nSPS) is 17.1. The molecule has 3 aromatic heterocycles. The Morgan fingerprint density at radius 2 is 1.24 bits per heavy atom. The van der Waals surface area contributed by atoms with Crippen LogP contribution in [0.1, 0.15) is 98.3 Å². The maximum absolute atomic E-state index is 9.33. The van der Waals surface area contributed by atoms with Crippen LogP contribution in [0.25, 0.3) is 72.3 Å². The van der Waals surface area contributed by atoms with Crippen molar-refractivity contribution in [2.24, 2.45) is 5.41 Å². The van der Waals surface area contributed by atoms with Crippen LogP contribution in [0.5, 0.6) is 11.5 Å². The SMILES string of the molecule is [2H]c1c([2H])c([2H])c(-c2cc(C(C)(C)C)cc(-c3c([2H])c([2H])c([2H])c([2H])c3[2H])c2-n2[c](=[Pt])n(-c3cccc(Oc4ccc5c6c7c(ccc6n(-c6cc(C)ccn6)c5c4)C(C)(C)C(C)(C)C7(C)C)c3)c3ccccc32)c([2H])c1[2H]. The molecular weight excluding hydrogens is 1010 g/mol. The van der Waals surface area contributed by atoms with Crippen molar-refractivity contribution >= 4 is 32.8 Å². The zero-order valence-electron chi connectivity index (χ0n) is 49.9. The summed E-state index contributed by atoms with van der Waals surface area (Å²) in [6, 6.07) is 28.8. The molecule has 6 heteroatoms. The summed E-state index contributed by atoms with van der Waals surface area (Å²) in [5, 5.41) is 2.32. The molecule has 0 bridgehead atoms. The molecule has 0 aliphatic heterocycles. The number of pyridine rings is 1. The summed E-state index contributed by atoms with van der Waals surface area (Å²) in [6.45, 7) is 22.2. The molecule has 0 radical (unpaired) electrons. The van der Waals surface area contributed by atoms with Gasteiger partial charge in [-0.2, -0.15) is 0 Å². The Labute approximate surface area is 425 Å². The number of nitrogens with zero attached hydrogens (tertiary/aromatic N) is 4. The molecule has 0 atom stereocenters. The van der Waals surface area contributed by atoms with Gasteiger partial charge in [0.1, 0.15) is 0 Å². The van der Waals surface area contributed by atoms with E-state index in [0.29, 0.717) is 32.1 Å². The summed E-state index contributed by atoms with van der Waals surface area (Å²) in [5.41, 5.74) is 8.09. The van der Waals surface area contributed by atoms with E-state index in [9.17, 15) is 5.48 Å². The number of rotatable bonds is 7. The molecule has 0 spiro atoms. The molecule has 68 heavy (non-hydrogen) atoms. The summed E-state index contributed by atoms with van der Waals surface area (Å²) in [7, 11) is 0. The van der Waals surface area contributed by atoms with E-state index >= 15 is 0 Å². The Morgan fingerprint density at radius 3 is 1.87 bits per heavy atom. The number of aryl methyl sites for hydroxylation is 1. The van der Waals surface area contributed by atoms with E-state index in [1.807, 2.05) is 96.8 Å². The number of para-hydroxylation sites is 2. The van der Waals surface area contributed by atoms with Crippen LogP contribution >= 0.6 is 0 Å². The fourth-order valence-electron chi connectivity index (χ4n) is 10.5. The number of benzene rings is 7. The zero-order chi connectivity index (χ0) is 56.2. The van der Waals surface area contributed by atoms with Crippen molar-refractivity contribution < 1.29 is 37.8 Å². The topological polar surface area (TPSA) is 36.9 Å². The fraction of sp³-hybridized carbons (Fsp3) is 0.226. The zero-order valence-corrected chi connectivity index (χ0v) is 42.2. The van der Waals surface area contributed by atoms with Gasteiger partial charge in [-0.15, -0.1) is 0 Å². The van der Waals surface area contributed by atoms with Crippen molar-refractivity contribution in [1.29, 1.82) is 0 Å². The molecule has 0 unspecified atom stereocenters. The predicted octanol–water partition coefficient (Wildman–Crippen LogP) is 16.3. The summed E-state index contributed by atoms with van der Waals surface area (Å²) in [6.07, 6.45) is 1.85. The Bertz CT molecular complexity index is 4160. The van der Waals surface area contributed by atoms with Crippen LogP contribution in [-0.2, 0) is 35.6 Å². The molecule has 11 rings (SSSR count). The third-order valence-corrected chi connectivity index (χ3v) is 16.2. The minimum atomic E-state index is -0.626. The first-order valence-electron chi connectivity index (χ1n) is 28.0. The van der Waals surface area contributed by atoms with Gasteiger partial charge in [0.15, 0.2) is 0 Å². The van der Waals surface area contributed by atoms with Crippen LogP contribution in [-0.4, -0.2) is 18.7 Å². The van der Waals surface area contributed by atoms with E-state index in [4.69, 9.17) is 17.9 Å². The van der Waals surface area contributed by atoms with E-state index in [0.717, 1.165) is 33.3 Å². The van der Waals surface area contributed by atoms with E-state index in [1.165, 1.54) is 16.5 Å². The summed E-state index contributed by atoms with van der Waals surface area (Å²) >= 11 is 2.21. The first-order chi connectivity index (χ1) is 36.6. The van der Waals surface area contributed by atoms with E-state index in [1.54, 1.807) is 12.1 Å². The van der Waals surface area contributed by atoms with Crippen molar-refractivity contribution in [2.45, 2.75) is 85.5 Å². The molecule has 1 aliphatic rings. The van der Waals surface area contributed by atoms with Gasteiger partial charge in [0.2, 0.25) is 0 Å². The molecule has 3 heterocycles. The molecule has 0 fully saturated rings. The molecule has 342 valence electrons. The second kappa shape index (κ2) is 15.8. The van der Waals surface area contributed by atoms with Gasteiger partial charge in [0, 0.05) is 6.20 Å². The van der Waals surface area contributed by atoms with Crippen molar-refractivity contribution in [1.82, 2.24) is 18.7 Å². The average molecular weight is 1080 g/mol. The quantitative estimate of drug-likeness (QED) is 0.159. The molecule has 0 N–H and O–H groups in total. The number of hydrogen-bond acceptors (Lipinski definition) is 2. The summed E-state index contributed by atoms with van der Waals surface area (Å²) in [4.78, 5) is 4.92. The number of ether oxygens (including phenoxy) is 1.